The van der Waals surface area contributed by atoms with Crippen LogP contribution in [0.1, 0.15) is 0 Å². The second-order valence-electron chi connectivity index (χ2n) is 12.6. The molecular formula is C39H16B8N4O. The summed E-state index contributed by atoms with van der Waals surface area (Å²) in [6.45, 7) is 0. The van der Waals surface area contributed by atoms with Crippen molar-refractivity contribution < 1.29 is 4.42 Å². The highest BCUT2D eigenvalue weighted by Gasteiger charge is 2.23. The number of hydrogen-bond donors (Lipinski definition) is 0. The maximum absolute atomic E-state index is 6.66. The van der Waals surface area contributed by atoms with E-state index in [4.69, 9.17) is 82.1 Å². The molecule has 0 unspecified atom stereocenters. The summed E-state index contributed by atoms with van der Waals surface area (Å²) in [7, 11) is 51.8. The van der Waals surface area contributed by atoms with Crippen LogP contribution in [0, 0.1) is 0 Å². The Morgan fingerprint density at radius 1 is 0.404 bits per heavy atom. The first kappa shape index (κ1) is 32.4. The predicted octanol–water partition coefficient (Wildman–Crippen LogP) is 0.220. The fourth-order valence-corrected chi connectivity index (χ4v) is 6.95. The van der Waals surface area contributed by atoms with Gasteiger partial charge in [0.05, 0.1) is 0 Å². The second kappa shape index (κ2) is 12.0. The van der Waals surface area contributed by atoms with E-state index in [2.05, 4.69) is 0 Å². The molecule has 0 N–H and O–H groups in total. The van der Waals surface area contributed by atoms with Gasteiger partial charge in [-0.25, -0.2) is 15.0 Å². The molecule has 0 spiro atoms. The molecule has 0 amide bonds. The van der Waals surface area contributed by atoms with Crippen molar-refractivity contribution in [2.75, 3.05) is 0 Å². The average molecular weight is 643 g/mol. The lowest BCUT2D eigenvalue weighted by molar-refractivity contribution is 0.669. The van der Waals surface area contributed by atoms with Crippen molar-refractivity contribution in [1.29, 1.82) is 0 Å². The van der Waals surface area contributed by atoms with Crippen LogP contribution < -0.4 is 43.7 Å². The third kappa shape index (κ3) is 4.78. The van der Waals surface area contributed by atoms with E-state index in [1.54, 1.807) is 0 Å². The minimum absolute atomic E-state index is 0.134. The van der Waals surface area contributed by atoms with Gasteiger partial charge in [0.2, 0.25) is 0 Å². The van der Waals surface area contributed by atoms with E-state index in [0.717, 1.165) is 27.5 Å². The van der Waals surface area contributed by atoms with Crippen molar-refractivity contribution in [1.82, 2.24) is 19.5 Å². The summed E-state index contributed by atoms with van der Waals surface area (Å²) in [5.74, 6) is 1.64. The molecule has 0 aliphatic rings. The van der Waals surface area contributed by atoms with Gasteiger partial charge in [-0.1, -0.05) is 88.6 Å². The van der Waals surface area contributed by atoms with Crippen LogP contribution in [-0.4, -0.2) is 82.3 Å². The Kier molecular flexibility index (Phi) is 7.48. The number of hydrogen-bond acceptors (Lipinski definition) is 4. The summed E-state index contributed by atoms with van der Waals surface area (Å²) in [5, 5.41) is 2.62. The lowest BCUT2D eigenvalue weighted by Gasteiger charge is -2.17. The van der Waals surface area contributed by atoms with Crippen molar-refractivity contribution in [3.63, 3.8) is 0 Å². The third-order valence-corrected chi connectivity index (χ3v) is 9.63. The fourth-order valence-electron chi connectivity index (χ4n) is 6.95. The van der Waals surface area contributed by atoms with Crippen LogP contribution >= 0.6 is 0 Å². The van der Waals surface area contributed by atoms with Gasteiger partial charge in [0.15, 0.2) is 17.5 Å². The fraction of sp³-hybridized carbons (Fsp3) is 0. The highest BCUT2D eigenvalue weighted by Crippen LogP contribution is 2.35. The Morgan fingerprint density at radius 2 is 0.885 bits per heavy atom. The molecule has 6 aromatic carbocycles. The Labute approximate surface area is 309 Å². The number of aromatic nitrogens is 4. The minimum Gasteiger partial charge on any atom is -0.456 e. The topological polar surface area (TPSA) is 56.7 Å². The van der Waals surface area contributed by atoms with Crippen LogP contribution in [-0.2, 0) is 0 Å². The Bertz CT molecular complexity index is 2810. The highest BCUT2D eigenvalue weighted by molar-refractivity contribution is 6.71. The summed E-state index contributed by atoms with van der Waals surface area (Å²) >= 11 is 0. The molecular weight excluding hydrogens is 627 g/mol. The summed E-state index contributed by atoms with van der Waals surface area (Å²) < 4.78 is 8.24. The smallest absolute Gasteiger partial charge is 0.164 e. The Hall–Kier alpha value is -5.55. The van der Waals surface area contributed by atoms with Gasteiger partial charge in [-0.05, 0) is 41.1 Å². The van der Waals surface area contributed by atoms with E-state index >= 15 is 0 Å². The molecule has 3 heterocycles. The van der Waals surface area contributed by atoms with Crippen molar-refractivity contribution >= 4 is 150 Å². The van der Waals surface area contributed by atoms with Gasteiger partial charge in [-0.2, -0.15) is 0 Å². The van der Waals surface area contributed by atoms with Crippen LogP contribution in [0.5, 0.6) is 0 Å². The number of benzene rings is 6. The first-order valence-corrected chi connectivity index (χ1v) is 16.3. The van der Waals surface area contributed by atoms with Crippen LogP contribution in [0.25, 0.3) is 83.6 Å². The molecule has 0 saturated carbocycles. The molecule has 52 heavy (non-hydrogen) atoms. The van der Waals surface area contributed by atoms with Crippen molar-refractivity contribution in [3.8, 4) is 39.9 Å². The third-order valence-electron chi connectivity index (χ3n) is 9.63. The molecule has 0 atom stereocenters. The highest BCUT2D eigenvalue weighted by atomic mass is 16.3. The summed E-state index contributed by atoms with van der Waals surface area (Å²) in [6, 6.07) is 31.2. The van der Waals surface area contributed by atoms with Gasteiger partial charge in [-0.15, -0.1) is 21.9 Å². The molecule has 13 heteroatoms. The standard InChI is InChI=1S/C39H16B8N4O/c40-27-25-26-28(41)30(43)32(45)34(47)36(26)51(35(25)33(46)31(44)29(27)42)20-12-14-23-22(16-20)21-13-11-19(15-24(21)52-23)39-49-37(17-7-3-1-4-8-17)48-38(50-39)18-9-5-2-6-10-18/h1-16H. The molecule has 0 aliphatic carbocycles. The van der Waals surface area contributed by atoms with Gasteiger partial charge in [-0.3, -0.25) is 0 Å². The molecule has 5 nitrogen and oxygen atoms in total. The lowest BCUT2D eigenvalue weighted by atomic mass is 9.63. The second-order valence-corrected chi connectivity index (χ2v) is 12.6. The molecule has 0 fully saturated rings. The maximum atomic E-state index is 6.66. The van der Waals surface area contributed by atoms with Gasteiger partial charge in [0, 0.05) is 44.2 Å². The quantitative estimate of drug-likeness (QED) is 0.258. The van der Waals surface area contributed by atoms with E-state index in [1.165, 1.54) is 0 Å². The van der Waals surface area contributed by atoms with Crippen LogP contribution in [0.3, 0.4) is 0 Å². The first-order chi connectivity index (χ1) is 25.1. The number of nitrogens with zero attached hydrogens (tertiary/aromatic N) is 4. The van der Waals surface area contributed by atoms with Gasteiger partial charge < -0.3 is 8.98 Å². The van der Waals surface area contributed by atoms with E-state index in [0.29, 0.717) is 56.1 Å². The number of furan rings is 1. The van der Waals surface area contributed by atoms with E-state index < -0.39 is 0 Å². The van der Waals surface area contributed by atoms with Crippen molar-refractivity contribution in [3.05, 3.63) is 97.1 Å². The zero-order valence-electron chi connectivity index (χ0n) is 27.6. The molecule has 0 saturated heterocycles. The van der Waals surface area contributed by atoms with Crippen molar-refractivity contribution in [2.45, 2.75) is 0 Å². The SMILES string of the molecule is [B]c1c([B])c([B])c2c(c1[B])c1c([B])c([B])c([B])c([B])c1n2-c1ccc2oc3cc(-c4nc(-c5ccccc5)nc(-c5ccccc5)n4)ccc3c2c1. The minimum atomic E-state index is 0.134. The van der Waals surface area contributed by atoms with Crippen LogP contribution in [0.4, 0.5) is 0 Å². The van der Waals surface area contributed by atoms with E-state index in [-0.39, 0.29) is 43.7 Å². The summed E-state index contributed by atoms with van der Waals surface area (Å²) in [4.78, 5) is 14.6. The first-order valence-electron chi connectivity index (χ1n) is 16.3. The molecule has 16 radical (unpaired) electrons. The maximum Gasteiger partial charge on any atom is 0.164 e. The molecule has 3 aromatic heterocycles. The lowest BCUT2D eigenvalue weighted by Crippen LogP contribution is -2.49. The monoisotopic (exact) mass is 644 g/mol. The van der Waals surface area contributed by atoms with Gasteiger partial charge >= 0.3 is 0 Å². The van der Waals surface area contributed by atoms with E-state index in [9.17, 15) is 0 Å². The Morgan fingerprint density at radius 3 is 1.40 bits per heavy atom. The van der Waals surface area contributed by atoms with E-state index in [1.807, 2.05) is 102 Å². The Balaban J connectivity index is 1.26. The van der Waals surface area contributed by atoms with Gasteiger partial charge in [0.25, 0.3) is 0 Å². The molecule has 9 rings (SSSR count). The van der Waals surface area contributed by atoms with Crippen molar-refractivity contribution in [2.24, 2.45) is 0 Å². The summed E-state index contributed by atoms with van der Waals surface area (Å²) in [6.07, 6.45) is 0. The average Bonchev–Trinajstić information content (AvgIpc) is 3.74. The number of fused-ring (bicyclic) bond motifs is 6. The largest absolute Gasteiger partial charge is 0.456 e. The molecule has 0 aliphatic heterocycles. The zero-order valence-corrected chi connectivity index (χ0v) is 27.6. The molecule has 9 aromatic rings. The summed E-state index contributed by atoms with van der Waals surface area (Å²) in [5.41, 5.74) is 6.77. The number of rotatable bonds is 4. The van der Waals surface area contributed by atoms with Crippen LogP contribution in [0.15, 0.2) is 101 Å². The normalized spacial score (nSPS) is 11.7. The zero-order chi connectivity index (χ0) is 36.0. The molecule has 222 valence electrons. The molecule has 0 bridgehead atoms. The van der Waals surface area contributed by atoms with Crippen LogP contribution in [0.2, 0.25) is 0 Å². The predicted molar refractivity (Wildman–Crippen MR) is 221 cm³/mol. The van der Waals surface area contributed by atoms with Gasteiger partial charge in [0.1, 0.15) is 73.9 Å².